The Labute approximate surface area is 190 Å². The van der Waals surface area contributed by atoms with Gasteiger partial charge < -0.3 is 20.4 Å². The summed E-state index contributed by atoms with van der Waals surface area (Å²) in [5.41, 5.74) is 1.44. The van der Waals surface area contributed by atoms with Crippen molar-refractivity contribution in [1.29, 1.82) is 0 Å². The molecule has 6 nitrogen and oxygen atoms in total. The molecule has 178 valence electrons. The van der Waals surface area contributed by atoms with Gasteiger partial charge in [-0.1, -0.05) is 24.3 Å². The molecular formula is C24H27F3N2O4. The SMILES string of the molecule is O=C(CCc1ccc(C(F)(F)F)cc1)Nc1ccc(CCC(=O)N2CC[C@H](O)[C@H](O)C2)cc1. The van der Waals surface area contributed by atoms with Gasteiger partial charge in [0, 0.05) is 31.6 Å². The zero-order chi connectivity index (χ0) is 24.0. The van der Waals surface area contributed by atoms with Crippen LogP contribution >= 0.6 is 0 Å². The molecule has 1 aliphatic rings. The number of anilines is 1. The summed E-state index contributed by atoms with van der Waals surface area (Å²) in [6.45, 7) is 0.561. The fourth-order valence-electron chi connectivity index (χ4n) is 3.65. The highest BCUT2D eigenvalue weighted by molar-refractivity contribution is 5.90. The summed E-state index contributed by atoms with van der Waals surface area (Å²) in [6, 6.07) is 11.9. The number of piperidine rings is 1. The van der Waals surface area contributed by atoms with Crippen molar-refractivity contribution in [2.45, 2.75) is 50.5 Å². The molecule has 3 rings (SSSR count). The summed E-state index contributed by atoms with van der Waals surface area (Å²) < 4.78 is 37.8. The van der Waals surface area contributed by atoms with E-state index in [1.54, 1.807) is 17.0 Å². The maximum Gasteiger partial charge on any atom is 0.416 e. The van der Waals surface area contributed by atoms with Gasteiger partial charge in [-0.05, 0) is 54.7 Å². The normalized spacial score (nSPS) is 18.8. The molecule has 1 aliphatic heterocycles. The molecule has 0 radical (unpaired) electrons. The monoisotopic (exact) mass is 464 g/mol. The highest BCUT2D eigenvalue weighted by Gasteiger charge is 2.30. The second-order valence-electron chi connectivity index (χ2n) is 8.20. The molecule has 0 unspecified atom stereocenters. The van der Waals surface area contributed by atoms with Crippen LogP contribution in [0.2, 0.25) is 0 Å². The highest BCUT2D eigenvalue weighted by Crippen LogP contribution is 2.29. The predicted octanol–water partition coefficient (Wildman–Crippen LogP) is 3.16. The second kappa shape index (κ2) is 10.8. The molecule has 2 aromatic rings. The van der Waals surface area contributed by atoms with Gasteiger partial charge in [0.05, 0.1) is 17.8 Å². The Morgan fingerprint density at radius 1 is 0.909 bits per heavy atom. The first kappa shape index (κ1) is 24.7. The number of carbonyl (C=O) groups is 2. The number of hydrogen-bond acceptors (Lipinski definition) is 4. The predicted molar refractivity (Wildman–Crippen MR) is 116 cm³/mol. The van der Waals surface area contributed by atoms with E-state index in [1.807, 2.05) is 12.1 Å². The van der Waals surface area contributed by atoms with Crippen LogP contribution in [-0.2, 0) is 28.6 Å². The second-order valence-corrected chi connectivity index (χ2v) is 8.20. The van der Waals surface area contributed by atoms with Crippen LogP contribution in [0.25, 0.3) is 0 Å². The van der Waals surface area contributed by atoms with E-state index in [2.05, 4.69) is 5.32 Å². The smallest absolute Gasteiger partial charge is 0.390 e. The Bertz CT molecular complexity index is 946. The van der Waals surface area contributed by atoms with E-state index in [0.29, 0.717) is 37.1 Å². The third-order valence-corrected chi connectivity index (χ3v) is 5.69. The summed E-state index contributed by atoms with van der Waals surface area (Å²) in [7, 11) is 0. The molecule has 1 heterocycles. The van der Waals surface area contributed by atoms with Gasteiger partial charge in [-0.25, -0.2) is 0 Å². The maximum atomic E-state index is 12.6. The number of halogens is 3. The van der Waals surface area contributed by atoms with Crippen LogP contribution in [0.3, 0.4) is 0 Å². The first-order valence-electron chi connectivity index (χ1n) is 10.8. The lowest BCUT2D eigenvalue weighted by molar-refractivity contribution is -0.138. The summed E-state index contributed by atoms with van der Waals surface area (Å²) in [5.74, 6) is -0.328. The number of β-amino-alcohol motifs (C(OH)–C–C–N with tert-alkyl or cyclic N) is 1. The van der Waals surface area contributed by atoms with E-state index in [9.17, 15) is 33.0 Å². The third-order valence-electron chi connectivity index (χ3n) is 5.69. The molecule has 1 saturated heterocycles. The molecule has 9 heteroatoms. The van der Waals surface area contributed by atoms with Gasteiger partial charge in [0.1, 0.15) is 0 Å². The number of nitrogens with zero attached hydrogens (tertiary/aromatic N) is 1. The third kappa shape index (κ3) is 7.30. The van der Waals surface area contributed by atoms with Crippen molar-refractivity contribution in [1.82, 2.24) is 4.90 Å². The number of carbonyl (C=O) groups excluding carboxylic acids is 2. The van der Waals surface area contributed by atoms with Crippen molar-refractivity contribution < 1.29 is 33.0 Å². The largest absolute Gasteiger partial charge is 0.416 e. The van der Waals surface area contributed by atoms with Crippen LogP contribution < -0.4 is 5.32 Å². The Morgan fingerprint density at radius 2 is 1.48 bits per heavy atom. The topological polar surface area (TPSA) is 89.9 Å². The van der Waals surface area contributed by atoms with Gasteiger partial charge in [0.25, 0.3) is 0 Å². The summed E-state index contributed by atoms with van der Waals surface area (Å²) in [5, 5.41) is 22.0. The van der Waals surface area contributed by atoms with Crippen LogP contribution in [0.5, 0.6) is 0 Å². The average Bonchev–Trinajstić information content (AvgIpc) is 2.78. The van der Waals surface area contributed by atoms with Crippen molar-refractivity contribution >= 4 is 17.5 Å². The van der Waals surface area contributed by atoms with E-state index < -0.39 is 23.9 Å². The van der Waals surface area contributed by atoms with Gasteiger partial charge in [0.15, 0.2) is 0 Å². The van der Waals surface area contributed by atoms with E-state index in [1.165, 1.54) is 12.1 Å². The van der Waals surface area contributed by atoms with Crippen LogP contribution in [-0.4, -0.2) is 52.2 Å². The van der Waals surface area contributed by atoms with Crippen molar-refractivity contribution in [3.63, 3.8) is 0 Å². The van der Waals surface area contributed by atoms with E-state index in [0.717, 1.165) is 17.7 Å². The first-order chi connectivity index (χ1) is 15.6. The number of rotatable bonds is 7. The van der Waals surface area contributed by atoms with Gasteiger partial charge in [0.2, 0.25) is 11.8 Å². The molecule has 33 heavy (non-hydrogen) atoms. The zero-order valence-corrected chi connectivity index (χ0v) is 18.0. The fourth-order valence-corrected chi connectivity index (χ4v) is 3.65. The molecule has 0 aliphatic carbocycles. The van der Waals surface area contributed by atoms with Crippen molar-refractivity contribution in [3.05, 3.63) is 65.2 Å². The first-order valence-corrected chi connectivity index (χ1v) is 10.8. The average molecular weight is 464 g/mol. The minimum absolute atomic E-state index is 0.0819. The molecule has 0 spiro atoms. The number of nitrogens with one attached hydrogen (secondary N) is 1. The minimum Gasteiger partial charge on any atom is -0.390 e. The number of hydrogen-bond donors (Lipinski definition) is 3. The summed E-state index contributed by atoms with van der Waals surface area (Å²) >= 11 is 0. The van der Waals surface area contributed by atoms with Gasteiger partial charge >= 0.3 is 6.18 Å². The van der Waals surface area contributed by atoms with Gasteiger partial charge in [-0.15, -0.1) is 0 Å². The van der Waals surface area contributed by atoms with Crippen LogP contribution in [0.15, 0.2) is 48.5 Å². The van der Waals surface area contributed by atoms with Crippen LogP contribution in [0.1, 0.15) is 36.0 Å². The summed E-state index contributed by atoms with van der Waals surface area (Å²) in [6.07, 6.45) is -4.46. The Hall–Kier alpha value is -2.91. The molecule has 0 saturated carbocycles. The Morgan fingerprint density at radius 3 is 2.06 bits per heavy atom. The van der Waals surface area contributed by atoms with Crippen LogP contribution in [0.4, 0.5) is 18.9 Å². The Kier molecular flexibility index (Phi) is 8.10. The molecule has 2 aromatic carbocycles. The maximum absolute atomic E-state index is 12.6. The molecular weight excluding hydrogens is 437 g/mol. The number of aryl methyl sites for hydroxylation is 2. The molecule has 0 aromatic heterocycles. The fraction of sp³-hybridized carbons (Fsp3) is 0.417. The Balaban J connectivity index is 1.41. The number of benzene rings is 2. The van der Waals surface area contributed by atoms with Crippen LogP contribution in [0, 0.1) is 0 Å². The number of aliphatic hydroxyl groups is 2. The number of likely N-dealkylation sites (tertiary alicyclic amines) is 1. The van der Waals surface area contributed by atoms with Crippen molar-refractivity contribution in [2.24, 2.45) is 0 Å². The number of aliphatic hydroxyl groups excluding tert-OH is 2. The van der Waals surface area contributed by atoms with E-state index in [-0.39, 0.29) is 31.2 Å². The lowest BCUT2D eigenvalue weighted by Gasteiger charge is -2.33. The van der Waals surface area contributed by atoms with Gasteiger partial charge in [-0.2, -0.15) is 13.2 Å². The lowest BCUT2D eigenvalue weighted by atomic mass is 10.0. The minimum atomic E-state index is -4.38. The van der Waals surface area contributed by atoms with Crippen molar-refractivity contribution in [3.8, 4) is 0 Å². The standard InChI is InChI=1S/C24H27F3N2O4/c25-24(26,27)18-7-1-16(2-8-18)5-11-22(32)28-19-9-3-17(4-10-19)6-12-23(33)29-14-13-20(30)21(31)15-29/h1-4,7-10,20-21,30-31H,5-6,11-15H2,(H,28,32)/t20-,21+/m0/s1. The quantitative estimate of drug-likeness (QED) is 0.587. The molecule has 2 amide bonds. The zero-order valence-electron chi connectivity index (χ0n) is 18.0. The van der Waals surface area contributed by atoms with Crippen molar-refractivity contribution in [2.75, 3.05) is 18.4 Å². The highest BCUT2D eigenvalue weighted by atomic mass is 19.4. The molecule has 1 fully saturated rings. The van der Waals surface area contributed by atoms with E-state index >= 15 is 0 Å². The summed E-state index contributed by atoms with van der Waals surface area (Å²) in [4.78, 5) is 26.0. The lowest BCUT2D eigenvalue weighted by Crippen LogP contribution is -2.49. The van der Waals surface area contributed by atoms with Gasteiger partial charge in [-0.3, -0.25) is 9.59 Å². The number of amides is 2. The molecule has 2 atom stereocenters. The number of alkyl halides is 3. The van der Waals surface area contributed by atoms with E-state index in [4.69, 9.17) is 0 Å². The molecule has 0 bridgehead atoms. The molecule has 3 N–H and O–H groups in total.